The van der Waals surface area contributed by atoms with E-state index in [1.165, 1.54) is 0 Å². The summed E-state index contributed by atoms with van der Waals surface area (Å²) in [6.45, 7) is 9.90. The molecule has 0 aromatic rings. The minimum atomic E-state index is -0.688. The molecule has 0 aliphatic carbocycles. The van der Waals surface area contributed by atoms with Gasteiger partial charge in [0, 0.05) is 26.2 Å². The molecule has 19 heavy (non-hydrogen) atoms. The van der Waals surface area contributed by atoms with Gasteiger partial charge in [0.25, 0.3) is 0 Å². The van der Waals surface area contributed by atoms with Crippen LogP contribution in [0, 0.1) is 5.92 Å². The molecule has 2 atom stereocenters. The van der Waals surface area contributed by atoms with Crippen LogP contribution in [0.3, 0.4) is 0 Å². The Morgan fingerprint density at radius 2 is 2.21 bits per heavy atom. The number of ether oxygens (including phenoxy) is 1. The van der Waals surface area contributed by atoms with Crippen LogP contribution in [0.2, 0.25) is 0 Å². The molecule has 2 saturated heterocycles. The molecule has 1 N–H and O–H groups in total. The van der Waals surface area contributed by atoms with E-state index in [2.05, 4.69) is 23.6 Å². The number of carboxylic acids is 1. The van der Waals surface area contributed by atoms with Crippen LogP contribution in [0.1, 0.15) is 26.7 Å². The van der Waals surface area contributed by atoms with E-state index in [-0.39, 0.29) is 12.1 Å². The van der Waals surface area contributed by atoms with Gasteiger partial charge in [-0.25, -0.2) is 0 Å². The summed E-state index contributed by atoms with van der Waals surface area (Å²) in [5.74, 6) is -0.0235. The molecule has 0 aromatic carbocycles. The van der Waals surface area contributed by atoms with E-state index in [0.29, 0.717) is 5.92 Å². The predicted octanol–water partition coefficient (Wildman–Crippen LogP) is 0.892. The molecule has 2 aliphatic rings. The van der Waals surface area contributed by atoms with Crippen LogP contribution in [0.15, 0.2) is 0 Å². The van der Waals surface area contributed by atoms with Crippen molar-refractivity contribution in [3.05, 3.63) is 0 Å². The smallest absolute Gasteiger partial charge is 0.320 e. The van der Waals surface area contributed by atoms with E-state index < -0.39 is 5.97 Å². The van der Waals surface area contributed by atoms with Crippen molar-refractivity contribution in [2.24, 2.45) is 5.92 Å². The number of aliphatic carboxylic acids is 1. The molecule has 0 amide bonds. The molecule has 0 saturated carbocycles. The quantitative estimate of drug-likeness (QED) is 0.804. The number of rotatable bonds is 5. The Morgan fingerprint density at radius 1 is 1.42 bits per heavy atom. The summed E-state index contributed by atoms with van der Waals surface area (Å²) in [6.07, 6.45) is 1.92. The number of hydrogen-bond acceptors (Lipinski definition) is 4. The average molecular weight is 270 g/mol. The maximum Gasteiger partial charge on any atom is 0.320 e. The monoisotopic (exact) mass is 270 g/mol. The Kier molecular flexibility index (Phi) is 5.19. The van der Waals surface area contributed by atoms with Gasteiger partial charge in [-0.3, -0.25) is 14.6 Å². The maximum absolute atomic E-state index is 11.2. The molecule has 0 radical (unpaired) electrons. The van der Waals surface area contributed by atoms with Crippen LogP contribution in [-0.4, -0.2) is 72.4 Å². The SMILES string of the molecule is CC(C)CN1CCOC(CN2CCCC2C(=O)O)C1. The lowest BCUT2D eigenvalue weighted by atomic mass is 10.1. The standard InChI is InChI=1S/C14H26N2O3/c1-11(2)8-15-6-7-19-12(9-15)10-16-5-3-4-13(16)14(17)18/h11-13H,3-10H2,1-2H3,(H,17,18). The highest BCUT2D eigenvalue weighted by Gasteiger charge is 2.33. The van der Waals surface area contributed by atoms with E-state index in [0.717, 1.165) is 52.2 Å². The lowest BCUT2D eigenvalue weighted by molar-refractivity contribution is -0.143. The Labute approximate surface area is 115 Å². The molecule has 0 spiro atoms. The molecular formula is C14H26N2O3. The second kappa shape index (κ2) is 6.68. The van der Waals surface area contributed by atoms with Crippen molar-refractivity contribution >= 4 is 5.97 Å². The van der Waals surface area contributed by atoms with Gasteiger partial charge in [-0.05, 0) is 25.3 Å². The zero-order valence-electron chi connectivity index (χ0n) is 12.0. The molecule has 110 valence electrons. The first-order valence-corrected chi connectivity index (χ1v) is 7.37. The number of nitrogens with zero attached hydrogens (tertiary/aromatic N) is 2. The van der Waals surface area contributed by atoms with Gasteiger partial charge in [0.15, 0.2) is 0 Å². The van der Waals surface area contributed by atoms with Crippen LogP contribution >= 0.6 is 0 Å². The molecule has 5 nitrogen and oxygen atoms in total. The normalized spacial score (nSPS) is 30.1. The first kappa shape index (κ1) is 14.8. The summed E-state index contributed by atoms with van der Waals surface area (Å²) in [4.78, 5) is 15.7. The summed E-state index contributed by atoms with van der Waals surface area (Å²) in [6, 6.07) is -0.302. The van der Waals surface area contributed by atoms with Crippen LogP contribution in [0.25, 0.3) is 0 Å². The molecule has 0 aromatic heterocycles. The summed E-state index contributed by atoms with van der Waals surface area (Å²) < 4.78 is 5.80. The van der Waals surface area contributed by atoms with Crippen LogP contribution in [0.5, 0.6) is 0 Å². The molecular weight excluding hydrogens is 244 g/mol. The van der Waals surface area contributed by atoms with Gasteiger partial charge in [-0.15, -0.1) is 0 Å². The molecule has 0 bridgehead atoms. The largest absolute Gasteiger partial charge is 0.480 e. The summed E-state index contributed by atoms with van der Waals surface area (Å²) >= 11 is 0. The molecule has 2 fully saturated rings. The number of likely N-dealkylation sites (tertiary alicyclic amines) is 1. The maximum atomic E-state index is 11.2. The number of hydrogen-bond donors (Lipinski definition) is 1. The van der Waals surface area contributed by atoms with Crippen molar-refractivity contribution in [2.75, 3.05) is 39.3 Å². The lowest BCUT2D eigenvalue weighted by Gasteiger charge is -2.36. The van der Waals surface area contributed by atoms with Gasteiger partial charge in [0.05, 0.1) is 12.7 Å². The van der Waals surface area contributed by atoms with E-state index >= 15 is 0 Å². The summed E-state index contributed by atoms with van der Waals surface area (Å²) in [5.41, 5.74) is 0. The van der Waals surface area contributed by atoms with Gasteiger partial charge in [0.2, 0.25) is 0 Å². The average Bonchev–Trinajstić information content (AvgIpc) is 2.76. The molecule has 2 heterocycles. The van der Waals surface area contributed by atoms with Crippen molar-refractivity contribution in [2.45, 2.75) is 38.8 Å². The summed E-state index contributed by atoms with van der Waals surface area (Å²) in [5, 5.41) is 9.19. The van der Waals surface area contributed by atoms with Gasteiger partial charge in [-0.2, -0.15) is 0 Å². The topological polar surface area (TPSA) is 53.0 Å². The minimum Gasteiger partial charge on any atom is -0.480 e. The van der Waals surface area contributed by atoms with E-state index in [1.807, 2.05) is 0 Å². The number of morpholine rings is 1. The fourth-order valence-corrected chi connectivity index (χ4v) is 3.16. The van der Waals surface area contributed by atoms with Crippen LogP contribution in [-0.2, 0) is 9.53 Å². The first-order valence-electron chi connectivity index (χ1n) is 7.37. The summed E-state index contributed by atoms with van der Waals surface area (Å²) in [7, 11) is 0. The highest BCUT2D eigenvalue weighted by molar-refractivity contribution is 5.73. The van der Waals surface area contributed by atoms with Crippen molar-refractivity contribution in [1.29, 1.82) is 0 Å². The van der Waals surface area contributed by atoms with E-state index in [9.17, 15) is 9.90 Å². The molecule has 2 rings (SSSR count). The Hall–Kier alpha value is -0.650. The van der Waals surface area contributed by atoms with Gasteiger partial charge >= 0.3 is 5.97 Å². The van der Waals surface area contributed by atoms with Gasteiger partial charge in [0.1, 0.15) is 6.04 Å². The van der Waals surface area contributed by atoms with Crippen molar-refractivity contribution in [1.82, 2.24) is 9.80 Å². The third-order valence-corrected chi connectivity index (χ3v) is 3.93. The van der Waals surface area contributed by atoms with Crippen molar-refractivity contribution < 1.29 is 14.6 Å². The molecule has 2 aliphatic heterocycles. The van der Waals surface area contributed by atoms with Crippen molar-refractivity contribution in [3.63, 3.8) is 0 Å². The third-order valence-electron chi connectivity index (χ3n) is 3.93. The zero-order valence-corrected chi connectivity index (χ0v) is 12.0. The Morgan fingerprint density at radius 3 is 2.89 bits per heavy atom. The highest BCUT2D eigenvalue weighted by Crippen LogP contribution is 2.19. The van der Waals surface area contributed by atoms with Gasteiger partial charge in [-0.1, -0.05) is 13.8 Å². The Balaban J connectivity index is 1.83. The fraction of sp³-hybridized carbons (Fsp3) is 0.929. The third kappa shape index (κ3) is 4.16. The fourth-order valence-electron chi connectivity index (χ4n) is 3.16. The lowest BCUT2D eigenvalue weighted by Crippen LogP contribution is -2.50. The first-order chi connectivity index (χ1) is 9.06. The van der Waals surface area contributed by atoms with Crippen LogP contribution < -0.4 is 0 Å². The molecule has 2 unspecified atom stereocenters. The van der Waals surface area contributed by atoms with E-state index in [1.54, 1.807) is 0 Å². The second-order valence-corrected chi connectivity index (χ2v) is 6.14. The highest BCUT2D eigenvalue weighted by atomic mass is 16.5. The minimum absolute atomic E-state index is 0.160. The van der Waals surface area contributed by atoms with Crippen molar-refractivity contribution in [3.8, 4) is 0 Å². The predicted molar refractivity (Wildman–Crippen MR) is 73.2 cm³/mol. The van der Waals surface area contributed by atoms with Gasteiger partial charge < -0.3 is 9.84 Å². The second-order valence-electron chi connectivity index (χ2n) is 6.14. The Bertz CT molecular complexity index is 309. The van der Waals surface area contributed by atoms with E-state index in [4.69, 9.17) is 4.74 Å². The zero-order chi connectivity index (χ0) is 13.8. The number of carboxylic acid groups (broad SMARTS) is 1. The van der Waals surface area contributed by atoms with Crippen LogP contribution in [0.4, 0.5) is 0 Å². The molecule has 5 heteroatoms. The number of carbonyl (C=O) groups is 1.